The SMILES string of the molecule is CC(=O)N1CCC(c2cc(C)c(C(=O)N=C(N)N)cc2S(C)(=O)=O)CC1.O=C(O)C(F)(F)F. The highest BCUT2D eigenvalue weighted by Gasteiger charge is 2.38. The van der Waals surface area contributed by atoms with Crippen LogP contribution in [0.1, 0.15) is 47.2 Å². The monoisotopic (exact) mass is 494 g/mol. The molecule has 0 unspecified atom stereocenters. The van der Waals surface area contributed by atoms with Crippen molar-refractivity contribution < 1.29 is 41.1 Å². The number of aliphatic imine (C=N–C) groups is 1. The van der Waals surface area contributed by atoms with Crippen molar-refractivity contribution in [3.63, 3.8) is 0 Å². The Balaban J connectivity index is 0.000000675. The van der Waals surface area contributed by atoms with Crippen LogP contribution in [0, 0.1) is 6.92 Å². The summed E-state index contributed by atoms with van der Waals surface area (Å²) in [5.41, 5.74) is 11.9. The van der Waals surface area contributed by atoms with E-state index in [1.807, 2.05) is 0 Å². The quantitative estimate of drug-likeness (QED) is 0.415. The van der Waals surface area contributed by atoms with Gasteiger partial charge in [-0.15, -0.1) is 0 Å². The first-order chi connectivity index (χ1) is 14.9. The summed E-state index contributed by atoms with van der Waals surface area (Å²) in [5, 5.41) is 7.12. The molecule has 1 aromatic rings. The van der Waals surface area contributed by atoms with Gasteiger partial charge in [-0.3, -0.25) is 9.59 Å². The molecule has 0 bridgehead atoms. The fraction of sp³-hybridized carbons (Fsp3) is 0.474. The van der Waals surface area contributed by atoms with Crippen molar-refractivity contribution in [2.24, 2.45) is 16.5 Å². The second-order valence-corrected chi connectivity index (χ2v) is 9.39. The molecule has 33 heavy (non-hydrogen) atoms. The number of sulfone groups is 1. The Morgan fingerprint density at radius 3 is 2.00 bits per heavy atom. The highest BCUT2D eigenvalue weighted by atomic mass is 32.2. The number of carbonyl (C=O) groups excluding carboxylic acids is 2. The van der Waals surface area contributed by atoms with Crippen molar-refractivity contribution in [1.29, 1.82) is 0 Å². The lowest BCUT2D eigenvalue weighted by Crippen LogP contribution is -2.36. The molecule has 2 amide bonds. The number of hydrogen-bond donors (Lipinski definition) is 3. The number of carboxylic acids is 1. The first-order valence-electron chi connectivity index (χ1n) is 9.49. The normalized spacial score (nSPS) is 14.7. The Morgan fingerprint density at radius 2 is 1.64 bits per heavy atom. The molecule has 0 spiro atoms. The van der Waals surface area contributed by atoms with E-state index in [1.165, 1.54) is 13.0 Å². The Bertz CT molecular complexity index is 1060. The number of nitrogens with zero attached hydrogens (tertiary/aromatic N) is 2. The molecule has 0 aliphatic carbocycles. The Labute approximate surface area is 188 Å². The molecule has 2 rings (SSSR count). The zero-order valence-electron chi connectivity index (χ0n) is 18.1. The van der Waals surface area contributed by atoms with Crippen LogP contribution in [0.4, 0.5) is 13.2 Å². The van der Waals surface area contributed by atoms with E-state index in [4.69, 9.17) is 21.4 Å². The number of benzene rings is 1. The lowest BCUT2D eigenvalue weighted by atomic mass is 9.87. The lowest BCUT2D eigenvalue weighted by molar-refractivity contribution is -0.192. The van der Waals surface area contributed by atoms with Gasteiger partial charge in [0.2, 0.25) is 5.91 Å². The molecule has 1 saturated heterocycles. The molecule has 1 aliphatic heterocycles. The van der Waals surface area contributed by atoms with E-state index in [0.717, 1.165) is 6.26 Å². The van der Waals surface area contributed by atoms with Gasteiger partial charge < -0.3 is 21.5 Å². The zero-order valence-corrected chi connectivity index (χ0v) is 19.0. The predicted molar refractivity (Wildman–Crippen MR) is 112 cm³/mol. The van der Waals surface area contributed by atoms with Crippen LogP contribution in [-0.4, -0.2) is 67.7 Å². The van der Waals surface area contributed by atoms with E-state index in [-0.39, 0.29) is 28.2 Å². The number of carboxylic acid groups (broad SMARTS) is 1. The number of nitrogens with two attached hydrogens (primary N) is 2. The van der Waals surface area contributed by atoms with E-state index in [0.29, 0.717) is 37.1 Å². The summed E-state index contributed by atoms with van der Waals surface area (Å²) < 4.78 is 56.4. The van der Waals surface area contributed by atoms with Gasteiger partial charge in [0.05, 0.1) is 4.90 Å². The summed E-state index contributed by atoms with van der Waals surface area (Å²) in [6.07, 6.45) is -2.63. The minimum atomic E-state index is -5.08. The van der Waals surface area contributed by atoms with Crippen LogP contribution >= 0.6 is 0 Å². The van der Waals surface area contributed by atoms with Gasteiger partial charge in [0.15, 0.2) is 15.8 Å². The molecule has 1 aliphatic rings. The number of carbonyl (C=O) groups is 3. The summed E-state index contributed by atoms with van der Waals surface area (Å²) in [6.45, 7) is 4.40. The van der Waals surface area contributed by atoms with Crippen LogP contribution in [0.5, 0.6) is 0 Å². The highest BCUT2D eigenvalue weighted by Crippen LogP contribution is 2.34. The first-order valence-corrected chi connectivity index (χ1v) is 11.4. The van der Waals surface area contributed by atoms with Gasteiger partial charge in [-0.05, 0) is 42.9 Å². The van der Waals surface area contributed by atoms with Crippen LogP contribution in [0.25, 0.3) is 0 Å². The Morgan fingerprint density at radius 1 is 1.15 bits per heavy atom. The van der Waals surface area contributed by atoms with E-state index < -0.39 is 27.9 Å². The van der Waals surface area contributed by atoms with Crippen LogP contribution in [-0.2, 0) is 19.4 Å². The number of hydrogen-bond acceptors (Lipinski definition) is 5. The number of alkyl halides is 3. The van der Waals surface area contributed by atoms with Crippen LogP contribution < -0.4 is 11.5 Å². The number of piperidine rings is 1. The topological polar surface area (TPSA) is 173 Å². The summed E-state index contributed by atoms with van der Waals surface area (Å²) in [4.78, 5) is 37.9. The lowest BCUT2D eigenvalue weighted by Gasteiger charge is -2.32. The molecule has 0 atom stereocenters. The van der Waals surface area contributed by atoms with Gasteiger partial charge in [-0.25, -0.2) is 13.2 Å². The first kappa shape index (κ1) is 27.9. The number of rotatable bonds is 3. The molecule has 10 nitrogen and oxygen atoms in total. The molecule has 1 fully saturated rings. The van der Waals surface area contributed by atoms with Gasteiger partial charge in [-0.2, -0.15) is 18.2 Å². The van der Waals surface area contributed by atoms with Gasteiger partial charge in [-0.1, -0.05) is 6.07 Å². The zero-order chi connectivity index (χ0) is 25.7. The van der Waals surface area contributed by atoms with Crippen molar-refractivity contribution in [3.8, 4) is 0 Å². The minimum absolute atomic E-state index is 0.00116. The van der Waals surface area contributed by atoms with E-state index in [2.05, 4.69) is 4.99 Å². The molecule has 1 aromatic carbocycles. The molecule has 14 heteroatoms. The number of aliphatic carboxylic acids is 1. The predicted octanol–water partition coefficient (Wildman–Crippen LogP) is 1.17. The van der Waals surface area contributed by atoms with Crippen LogP contribution in [0.3, 0.4) is 0 Å². The fourth-order valence-electron chi connectivity index (χ4n) is 3.26. The molecule has 0 saturated carbocycles. The standard InChI is InChI=1S/C17H24N4O4S.C2HF3O2/c1-10-8-14(12-4-6-21(7-5-12)11(2)22)15(26(3,24)25)9-13(10)16(23)20-17(18)19;3-2(4,5)1(6)7/h8-9,12H,4-7H2,1-3H3,(H4,18,19,20,23);(H,6,7). The summed E-state index contributed by atoms with van der Waals surface area (Å²) in [6, 6.07) is 3.08. The third-order valence-corrected chi connectivity index (χ3v) is 5.99. The second kappa shape index (κ2) is 10.6. The molecule has 0 radical (unpaired) electrons. The number of aryl methyl sites for hydroxylation is 1. The van der Waals surface area contributed by atoms with Crippen LogP contribution in [0.2, 0.25) is 0 Å². The van der Waals surface area contributed by atoms with Crippen molar-refractivity contribution in [2.75, 3.05) is 19.3 Å². The summed E-state index contributed by atoms with van der Waals surface area (Å²) in [7, 11) is -3.56. The van der Waals surface area contributed by atoms with Crippen molar-refractivity contribution in [3.05, 3.63) is 28.8 Å². The number of likely N-dealkylation sites (tertiary alicyclic amines) is 1. The molecular formula is C19H25F3N4O6S. The number of amides is 2. The van der Waals surface area contributed by atoms with Gasteiger partial charge in [0, 0.05) is 31.8 Å². The van der Waals surface area contributed by atoms with E-state index in [1.54, 1.807) is 17.9 Å². The Hall–Kier alpha value is -3.16. The van der Waals surface area contributed by atoms with Gasteiger partial charge >= 0.3 is 12.1 Å². The average molecular weight is 494 g/mol. The number of guanidine groups is 1. The van der Waals surface area contributed by atoms with Crippen molar-refractivity contribution in [1.82, 2.24) is 4.90 Å². The summed E-state index contributed by atoms with van der Waals surface area (Å²) in [5.74, 6) is -3.80. The van der Waals surface area contributed by atoms with Crippen molar-refractivity contribution in [2.45, 2.75) is 43.7 Å². The highest BCUT2D eigenvalue weighted by molar-refractivity contribution is 7.90. The molecule has 184 valence electrons. The average Bonchev–Trinajstić information content (AvgIpc) is 2.66. The molecular weight excluding hydrogens is 469 g/mol. The third-order valence-electron chi connectivity index (χ3n) is 4.84. The minimum Gasteiger partial charge on any atom is -0.475 e. The van der Waals surface area contributed by atoms with E-state index >= 15 is 0 Å². The smallest absolute Gasteiger partial charge is 0.475 e. The number of halogens is 3. The maximum absolute atomic E-state index is 12.3. The Kier molecular flexibility index (Phi) is 8.99. The third kappa shape index (κ3) is 8.04. The van der Waals surface area contributed by atoms with Crippen molar-refractivity contribution >= 4 is 33.6 Å². The summed E-state index contributed by atoms with van der Waals surface area (Å²) >= 11 is 0. The second-order valence-electron chi connectivity index (χ2n) is 7.40. The maximum Gasteiger partial charge on any atom is 0.490 e. The van der Waals surface area contributed by atoms with Gasteiger partial charge in [0.25, 0.3) is 5.91 Å². The molecule has 1 heterocycles. The maximum atomic E-state index is 12.3. The molecule has 0 aromatic heterocycles. The fourth-order valence-corrected chi connectivity index (χ4v) is 4.25. The van der Waals surface area contributed by atoms with E-state index in [9.17, 15) is 31.2 Å². The molecule has 5 N–H and O–H groups in total. The van der Waals surface area contributed by atoms with Gasteiger partial charge in [0.1, 0.15) is 0 Å². The largest absolute Gasteiger partial charge is 0.490 e. The van der Waals surface area contributed by atoms with Crippen LogP contribution in [0.15, 0.2) is 22.0 Å².